The molecule has 3 aliphatic rings. The molecule has 2 atom stereocenters. The minimum atomic E-state index is -0.620. The van der Waals surface area contributed by atoms with E-state index >= 15 is 0 Å². The normalized spacial score (nSPS) is 21.9. The number of nitrogens with zero attached hydrogens (tertiary/aromatic N) is 4. The van der Waals surface area contributed by atoms with Gasteiger partial charge in [0.15, 0.2) is 0 Å². The monoisotopic (exact) mass is 790 g/mol. The average Bonchev–Trinajstić information content (AvgIpc) is 3.69. The average molecular weight is 791 g/mol. The molecule has 2 saturated heterocycles. The zero-order chi connectivity index (χ0) is 39.3. The van der Waals surface area contributed by atoms with Crippen molar-refractivity contribution >= 4 is 34.6 Å². The van der Waals surface area contributed by atoms with Crippen LogP contribution in [0.3, 0.4) is 0 Å². The molecule has 2 aliphatic heterocycles. The smallest absolute Gasteiger partial charge is 0.257 e. The topological polar surface area (TPSA) is 128 Å². The predicted octanol–water partition coefficient (Wildman–Crippen LogP) is 6.76. The number of aromatic amines is 1. The maximum atomic E-state index is 14.6. The molecule has 0 bridgehead atoms. The number of aromatic nitrogens is 3. The van der Waals surface area contributed by atoms with Crippen molar-refractivity contribution in [1.29, 1.82) is 0 Å². The van der Waals surface area contributed by atoms with Crippen LogP contribution in [0.15, 0.2) is 79.3 Å². The van der Waals surface area contributed by atoms with Gasteiger partial charge in [-0.1, -0.05) is 36.4 Å². The number of H-pyrrole nitrogens is 1. The van der Waals surface area contributed by atoms with Gasteiger partial charge in [-0.2, -0.15) is 11.8 Å². The molecule has 3 aromatic carbocycles. The molecule has 1 saturated carbocycles. The Morgan fingerprint density at radius 3 is 2.32 bits per heavy atom. The van der Waals surface area contributed by atoms with Gasteiger partial charge in [0, 0.05) is 74.9 Å². The van der Waals surface area contributed by atoms with Crippen molar-refractivity contribution in [3.63, 3.8) is 0 Å². The van der Waals surface area contributed by atoms with E-state index in [9.17, 15) is 14.0 Å². The number of halogens is 1. The van der Waals surface area contributed by atoms with Gasteiger partial charge in [0.2, 0.25) is 5.88 Å². The third-order valence-electron chi connectivity index (χ3n) is 11.2. The molecule has 1 aliphatic carbocycles. The Hall–Kier alpha value is -4.82. The molecule has 2 amide bonds. The summed E-state index contributed by atoms with van der Waals surface area (Å²) in [7, 11) is 0. The Bertz CT molecular complexity index is 2190. The summed E-state index contributed by atoms with van der Waals surface area (Å²) in [6, 6.07) is 22.1. The second-order valence-corrected chi connectivity index (χ2v) is 17.0. The summed E-state index contributed by atoms with van der Waals surface area (Å²) in [5, 5.41) is 9.85. The van der Waals surface area contributed by atoms with Gasteiger partial charge in [0.1, 0.15) is 22.6 Å². The number of ether oxygens (including phenoxy) is 1. The number of carbonyl (C=O) groups excluding carboxylic acids is 2. The molecule has 298 valence electrons. The van der Waals surface area contributed by atoms with Gasteiger partial charge in [-0.05, 0) is 92.1 Å². The minimum absolute atomic E-state index is 0.0303. The van der Waals surface area contributed by atoms with E-state index < -0.39 is 11.7 Å². The molecule has 0 unspecified atom stereocenters. The molecular formula is C44H51FN8O3S. The number of fused-ring (bicyclic) bond motifs is 1. The van der Waals surface area contributed by atoms with Crippen molar-refractivity contribution < 1.29 is 18.7 Å². The van der Waals surface area contributed by atoms with Gasteiger partial charge in [-0.3, -0.25) is 19.4 Å². The van der Waals surface area contributed by atoms with E-state index in [1.165, 1.54) is 17.2 Å². The molecule has 2 aromatic heterocycles. The standard InChI is InChI=1S/C44H51FN8O3S/c1-28-23-53(24-29(2)49-28)25-30-9-14-37(32(19-30)26-52-15-17-57-18-16-52)31-5-3-6-36(20-31)56-44-39(21-33(45)22-46-44)43(55)51-35-12-10-34(11-13-35)50-42(54)38-7-4-8-40-41(38)48-27-47-40/h3-9,14,19-22,27-29,34-35,49H,10-13,15-18,23-26H2,1-2H3,(H,47,48)(H,50,54)(H,51,55)/t28-,29+,34?,35?. The fourth-order valence-electron chi connectivity index (χ4n) is 8.55. The highest BCUT2D eigenvalue weighted by Gasteiger charge is 2.27. The van der Waals surface area contributed by atoms with Crippen LogP contribution < -0.4 is 20.7 Å². The largest absolute Gasteiger partial charge is 0.438 e. The number of thioether (sulfide) groups is 1. The Balaban J connectivity index is 0.941. The lowest BCUT2D eigenvalue weighted by Gasteiger charge is -2.36. The van der Waals surface area contributed by atoms with Crippen LogP contribution in [-0.4, -0.2) is 98.4 Å². The molecule has 57 heavy (non-hydrogen) atoms. The van der Waals surface area contributed by atoms with Crippen LogP contribution in [0.2, 0.25) is 0 Å². The molecule has 0 radical (unpaired) electrons. The van der Waals surface area contributed by atoms with E-state index in [1.54, 1.807) is 12.4 Å². The number of amides is 2. The maximum Gasteiger partial charge on any atom is 0.257 e. The van der Waals surface area contributed by atoms with Crippen molar-refractivity contribution in [1.82, 2.24) is 40.7 Å². The highest BCUT2D eigenvalue weighted by atomic mass is 32.2. The summed E-state index contributed by atoms with van der Waals surface area (Å²) in [5.41, 5.74) is 6.74. The lowest BCUT2D eigenvalue weighted by atomic mass is 9.90. The fraction of sp³-hybridized carbons (Fsp3) is 0.409. The van der Waals surface area contributed by atoms with Crippen LogP contribution in [0.4, 0.5) is 4.39 Å². The molecule has 13 heteroatoms. The summed E-state index contributed by atoms with van der Waals surface area (Å²) in [5.74, 6) is 1.60. The molecule has 11 nitrogen and oxygen atoms in total. The van der Waals surface area contributed by atoms with Crippen LogP contribution >= 0.6 is 11.8 Å². The first-order valence-electron chi connectivity index (χ1n) is 20.1. The van der Waals surface area contributed by atoms with Gasteiger partial charge in [0.05, 0.1) is 23.6 Å². The third-order valence-corrected chi connectivity index (χ3v) is 12.2. The predicted molar refractivity (Wildman–Crippen MR) is 223 cm³/mol. The molecule has 8 rings (SSSR count). The van der Waals surface area contributed by atoms with Gasteiger partial charge in [-0.25, -0.2) is 14.4 Å². The molecular weight excluding hydrogens is 740 g/mol. The maximum absolute atomic E-state index is 14.6. The summed E-state index contributed by atoms with van der Waals surface area (Å²) in [6.45, 7) is 10.4. The number of nitrogens with one attached hydrogen (secondary N) is 4. The van der Waals surface area contributed by atoms with Crippen LogP contribution in [0.25, 0.3) is 22.2 Å². The second kappa shape index (κ2) is 17.8. The molecule has 5 aromatic rings. The van der Waals surface area contributed by atoms with Crippen LogP contribution in [0.5, 0.6) is 11.6 Å². The summed E-state index contributed by atoms with van der Waals surface area (Å²) >= 11 is 2.01. The van der Waals surface area contributed by atoms with E-state index in [1.807, 2.05) is 42.1 Å². The first-order valence-corrected chi connectivity index (χ1v) is 21.3. The molecule has 0 spiro atoms. The van der Waals surface area contributed by atoms with E-state index in [0.717, 1.165) is 73.6 Å². The van der Waals surface area contributed by atoms with Gasteiger partial charge in [0.25, 0.3) is 11.8 Å². The quantitative estimate of drug-likeness (QED) is 0.115. The lowest BCUT2D eigenvalue weighted by Crippen LogP contribution is -2.53. The van der Waals surface area contributed by atoms with Crippen LogP contribution in [0, 0.1) is 5.82 Å². The SMILES string of the molecule is C[C@@H]1CN(Cc2ccc(-c3cccc(Oc4ncc(F)cc4C(=O)NC4CCC(NC(=O)c5cccc6[nH]cnc56)CC4)c3)c(CN3CCSCC3)c2)C[C@H](C)N1. The van der Waals surface area contributed by atoms with E-state index in [0.29, 0.717) is 54.6 Å². The molecule has 3 fully saturated rings. The number of imidazole rings is 1. The summed E-state index contributed by atoms with van der Waals surface area (Å²) in [4.78, 5) is 43.4. The minimum Gasteiger partial charge on any atom is -0.438 e. The first kappa shape index (κ1) is 39.0. The van der Waals surface area contributed by atoms with Gasteiger partial charge < -0.3 is 25.7 Å². The Morgan fingerprint density at radius 1 is 0.842 bits per heavy atom. The highest BCUT2D eigenvalue weighted by molar-refractivity contribution is 7.99. The van der Waals surface area contributed by atoms with Crippen molar-refractivity contribution in [2.24, 2.45) is 0 Å². The first-order chi connectivity index (χ1) is 27.7. The Morgan fingerprint density at radius 2 is 1.56 bits per heavy atom. The van der Waals surface area contributed by atoms with E-state index in [-0.39, 0.29) is 29.4 Å². The zero-order valence-electron chi connectivity index (χ0n) is 32.6. The summed E-state index contributed by atoms with van der Waals surface area (Å²) < 4.78 is 20.9. The highest BCUT2D eigenvalue weighted by Crippen LogP contribution is 2.33. The third kappa shape index (κ3) is 9.66. The number of para-hydroxylation sites is 1. The molecule has 4 N–H and O–H groups in total. The van der Waals surface area contributed by atoms with Crippen molar-refractivity contribution in [3.05, 3.63) is 107 Å². The Kier molecular flexibility index (Phi) is 12.2. The van der Waals surface area contributed by atoms with Crippen LogP contribution in [-0.2, 0) is 13.1 Å². The number of piperazine rings is 1. The van der Waals surface area contributed by atoms with Crippen LogP contribution in [0.1, 0.15) is 71.4 Å². The second-order valence-electron chi connectivity index (χ2n) is 15.8. The Labute approximate surface area is 337 Å². The van der Waals surface area contributed by atoms with Crippen molar-refractivity contribution in [3.8, 4) is 22.8 Å². The van der Waals surface area contributed by atoms with Gasteiger partial charge >= 0.3 is 0 Å². The van der Waals surface area contributed by atoms with E-state index in [4.69, 9.17) is 4.74 Å². The van der Waals surface area contributed by atoms with Crippen molar-refractivity contribution in [2.45, 2.75) is 76.8 Å². The van der Waals surface area contributed by atoms with E-state index in [2.05, 4.69) is 78.8 Å². The number of carbonyl (C=O) groups is 2. The zero-order valence-corrected chi connectivity index (χ0v) is 33.4. The number of hydrogen-bond donors (Lipinski definition) is 4. The lowest BCUT2D eigenvalue weighted by molar-refractivity contribution is 0.0890. The summed E-state index contributed by atoms with van der Waals surface area (Å²) in [6.07, 6.45) is 5.36. The van der Waals surface area contributed by atoms with Crippen molar-refractivity contribution in [2.75, 3.05) is 37.7 Å². The number of hydrogen-bond acceptors (Lipinski definition) is 9. The fourth-order valence-corrected chi connectivity index (χ4v) is 9.53. The number of rotatable bonds is 11. The number of benzene rings is 3. The van der Waals surface area contributed by atoms with Gasteiger partial charge in [-0.15, -0.1) is 0 Å². The molecule has 4 heterocycles. The number of pyridine rings is 1.